The van der Waals surface area contributed by atoms with Crippen LogP contribution in [0.4, 0.5) is 11.4 Å². The number of anilines is 1. The maximum atomic E-state index is 13.8. The van der Waals surface area contributed by atoms with Crippen LogP contribution < -0.4 is 4.90 Å². The predicted octanol–water partition coefficient (Wildman–Crippen LogP) is 8.64. The number of hydrogen-bond acceptors (Lipinski definition) is 4. The van der Waals surface area contributed by atoms with Crippen molar-refractivity contribution < 1.29 is 9.21 Å². The molecule has 0 aliphatic carbocycles. The van der Waals surface area contributed by atoms with Crippen molar-refractivity contribution in [3.63, 3.8) is 0 Å². The Morgan fingerprint density at radius 1 is 0.833 bits per heavy atom. The van der Waals surface area contributed by atoms with E-state index >= 15 is 0 Å². The lowest BCUT2D eigenvalue weighted by Crippen LogP contribution is -2.30. The molecule has 4 aromatic rings. The number of rotatable bonds is 4. The summed E-state index contributed by atoms with van der Waals surface area (Å²) in [5, 5.41) is 1.24. The van der Waals surface area contributed by atoms with Gasteiger partial charge in [-0.1, -0.05) is 60.1 Å². The van der Waals surface area contributed by atoms with Crippen LogP contribution in [0.5, 0.6) is 0 Å². The minimum Gasteiger partial charge on any atom is -0.457 e. The summed E-state index contributed by atoms with van der Waals surface area (Å²) >= 11 is 7.70. The molecular formula is C30H25ClN2O2S. The lowest BCUT2D eigenvalue weighted by molar-refractivity contribution is -0.113. The molecule has 180 valence electrons. The Morgan fingerprint density at radius 3 is 2.14 bits per heavy atom. The molecular weight excluding hydrogens is 488 g/mol. The normalized spacial score (nSPS) is 15.9. The Bertz CT molecular complexity index is 1510. The van der Waals surface area contributed by atoms with Crippen LogP contribution in [0, 0.1) is 27.7 Å². The zero-order valence-corrected chi connectivity index (χ0v) is 22.1. The van der Waals surface area contributed by atoms with Crippen molar-refractivity contribution in [3.05, 3.63) is 111 Å². The maximum absolute atomic E-state index is 13.8. The molecule has 0 spiro atoms. The molecule has 0 saturated carbocycles. The zero-order valence-electron chi connectivity index (χ0n) is 20.5. The molecule has 0 unspecified atom stereocenters. The molecule has 0 bridgehead atoms. The molecule has 5 rings (SSSR count). The van der Waals surface area contributed by atoms with E-state index in [1.54, 1.807) is 11.0 Å². The highest BCUT2D eigenvalue weighted by Crippen LogP contribution is 2.41. The number of hydrogen-bond donors (Lipinski definition) is 0. The number of aryl methyl sites for hydroxylation is 4. The van der Waals surface area contributed by atoms with Crippen LogP contribution >= 0.6 is 23.4 Å². The summed E-state index contributed by atoms with van der Waals surface area (Å²) in [6, 6.07) is 23.4. The van der Waals surface area contributed by atoms with Gasteiger partial charge >= 0.3 is 0 Å². The van der Waals surface area contributed by atoms with Gasteiger partial charge in [-0.2, -0.15) is 0 Å². The first-order valence-electron chi connectivity index (χ1n) is 11.6. The number of nitrogens with zero attached hydrogens (tertiary/aromatic N) is 2. The highest BCUT2D eigenvalue weighted by atomic mass is 35.5. The van der Waals surface area contributed by atoms with Crippen LogP contribution in [-0.4, -0.2) is 11.1 Å². The van der Waals surface area contributed by atoms with Gasteiger partial charge in [0.2, 0.25) is 0 Å². The Hall–Kier alpha value is -3.54. The third-order valence-electron chi connectivity index (χ3n) is 6.16. The van der Waals surface area contributed by atoms with Crippen molar-refractivity contribution in [1.29, 1.82) is 0 Å². The van der Waals surface area contributed by atoms with E-state index in [2.05, 4.69) is 0 Å². The highest BCUT2D eigenvalue weighted by molar-refractivity contribution is 8.19. The van der Waals surface area contributed by atoms with Gasteiger partial charge in [0.05, 0.1) is 21.3 Å². The minimum atomic E-state index is -0.127. The Morgan fingerprint density at radius 2 is 1.47 bits per heavy atom. The number of para-hydroxylation sites is 2. The summed E-state index contributed by atoms with van der Waals surface area (Å²) < 4.78 is 6.06. The second kappa shape index (κ2) is 9.84. The minimum absolute atomic E-state index is 0.127. The first-order valence-corrected chi connectivity index (χ1v) is 12.8. The average Bonchev–Trinajstić information content (AvgIpc) is 3.42. The SMILES string of the molecule is Cc1cccc(C)c1N=C1SC(=Cc2ccc(-c3ccccc3Cl)o2)C(=O)N1c1c(C)cccc1C. The molecule has 1 amide bonds. The number of amidine groups is 1. The lowest BCUT2D eigenvalue weighted by atomic mass is 10.1. The molecule has 0 atom stereocenters. The molecule has 3 aromatic carbocycles. The molecule has 2 heterocycles. The molecule has 1 aliphatic rings. The monoisotopic (exact) mass is 512 g/mol. The van der Waals surface area contributed by atoms with Gasteiger partial charge in [-0.25, -0.2) is 4.99 Å². The van der Waals surface area contributed by atoms with Crippen LogP contribution in [0.1, 0.15) is 28.0 Å². The van der Waals surface area contributed by atoms with Crippen LogP contribution in [0.2, 0.25) is 5.02 Å². The van der Waals surface area contributed by atoms with E-state index in [1.165, 1.54) is 11.8 Å². The van der Waals surface area contributed by atoms with Crippen LogP contribution in [-0.2, 0) is 4.79 Å². The van der Waals surface area contributed by atoms with E-state index in [-0.39, 0.29) is 5.91 Å². The summed E-state index contributed by atoms with van der Waals surface area (Å²) in [7, 11) is 0. The molecule has 0 N–H and O–H groups in total. The van der Waals surface area contributed by atoms with Crippen molar-refractivity contribution >= 4 is 51.9 Å². The van der Waals surface area contributed by atoms with Crippen molar-refractivity contribution in [3.8, 4) is 11.3 Å². The summed E-state index contributed by atoms with van der Waals surface area (Å²) in [6.07, 6.45) is 1.78. The largest absolute Gasteiger partial charge is 0.457 e. The van der Waals surface area contributed by atoms with E-state index in [0.717, 1.165) is 39.2 Å². The van der Waals surface area contributed by atoms with Gasteiger partial charge in [-0.05, 0) is 86.0 Å². The molecule has 1 fully saturated rings. The van der Waals surface area contributed by atoms with Gasteiger partial charge in [-0.15, -0.1) is 0 Å². The van der Waals surface area contributed by atoms with Crippen molar-refractivity contribution in [2.24, 2.45) is 4.99 Å². The van der Waals surface area contributed by atoms with Crippen molar-refractivity contribution in [1.82, 2.24) is 0 Å². The molecule has 1 aromatic heterocycles. The highest BCUT2D eigenvalue weighted by Gasteiger charge is 2.36. The number of amides is 1. The fourth-order valence-corrected chi connectivity index (χ4v) is 5.53. The van der Waals surface area contributed by atoms with E-state index in [9.17, 15) is 4.79 Å². The smallest absolute Gasteiger partial charge is 0.271 e. The van der Waals surface area contributed by atoms with Gasteiger partial charge in [0.15, 0.2) is 5.17 Å². The Labute approximate surface area is 220 Å². The molecule has 36 heavy (non-hydrogen) atoms. The van der Waals surface area contributed by atoms with E-state index in [4.69, 9.17) is 21.0 Å². The van der Waals surface area contributed by atoms with Crippen LogP contribution in [0.3, 0.4) is 0 Å². The third kappa shape index (κ3) is 4.52. The maximum Gasteiger partial charge on any atom is 0.271 e. The van der Waals surface area contributed by atoms with Gasteiger partial charge in [0.25, 0.3) is 5.91 Å². The Kier molecular flexibility index (Phi) is 6.61. The van der Waals surface area contributed by atoms with Crippen molar-refractivity contribution in [2.75, 3.05) is 4.90 Å². The standard InChI is InChI=1S/C30H25ClN2O2S/c1-18-9-7-10-19(2)27(18)32-30-33(28-20(3)11-8-12-21(28)4)29(34)26(36-30)17-22-15-16-25(35-22)23-13-5-6-14-24(23)31/h5-17H,1-4H3. The fourth-order valence-electron chi connectivity index (χ4n) is 4.35. The number of furan rings is 1. The topological polar surface area (TPSA) is 45.8 Å². The fraction of sp³-hybridized carbons (Fsp3) is 0.133. The van der Waals surface area contributed by atoms with Gasteiger partial charge in [0.1, 0.15) is 11.5 Å². The molecule has 6 heteroatoms. The summed E-state index contributed by atoms with van der Waals surface area (Å²) in [6.45, 7) is 8.10. The number of aliphatic imine (C=N–C) groups is 1. The van der Waals surface area contributed by atoms with E-state index < -0.39 is 0 Å². The summed E-state index contributed by atoms with van der Waals surface area (Å²) in [4.78, 5) is 21.1. The number of thioether (sulfide) groups is 1. The van der Waals surface area contributed by atoms with Crippen LogP contribution in [0.15, 0.2) is 87.1 Å². The lowest BCUT2D eigenvalue weighted by Gasteiger charge is -2.21. The second-order valence-electron chi connectivity index (χ2n) is 8.81. The van der Waals surface area contributed by atoms with E-state index in [1.807, 2.05) is 100 Å². The first-order chi connectivity index (χ1) is 17.3. The van der Waals surface area contributed by atoms with Gasteiger partial charge in [-0.3, -0.25) is 9.69 Å². The molecule has 4 nitrogen and oxygen atoms in total. The molecule has 0 radical (unpaired) electrons. The zero-order chi connectivity index (χ0) is 25.4. The van der Waals surface area contributed by atoms with Crippen molar-refractivity contribution in [2.45, 2.75) is 27.7 Å². The molecule has 1 aliphatic heterocycles. The average molecular weight is 513 g/mol. The predicted molar refractivity (Wildman–Crippen MR) is 151 cm³/mol. The third-order valence-corrected chi connectivity index (χ3v) is 7.45. The Balaban J connectivity index is 1.60. The van der Waals surface area contributed by atoms with Gasteiger partial charge < -0.3 is 4.42 Å². The van der Waals surface area contributed by atoms with Gasteiger partial charge in [0, 0.05) is 11.6 Å². The molecule has 1 saturated heterocycles. The number of benzene rings is 3. The van der Waals surface area contributed by atoms with E-state index in [0.29, 0.717) is 26.6 Å². The quantitative estimate of drug-likeness (QED) is 0.257. The summed E-state index contributed by atoms with van der Waals surface area (Å²) in [5.74, 6) is 1.10. The number of carbonyl (C=O) groups excluding carboxylic acids is 1. The second-order valence-corrected chi connectivity index (χ2v) is 10.2. The number of carbonyl (C=O) groups is 1. The summed E-state index contributed by atoms with van der Waals surface area (Å²) in [5.41, 5.74) is 6.69. The number of halogens is 1. The van der Waals surface area contributed by atoms with Crippen LogP contribution in [0.25, 0.3) is 17.4 Å². The first kappa shape index (κ1) is 24.2.